The van der Waals surface area contributed by atoms with Crippen molar-refractivity contribution >= 4 is 33.2 Å². The molecule has 0 radical (unpaired) electrons. The van der Waals surface area contributed by atoms with E-state index < -0.39 is 0 Å². The van der Waals surface area contributed by atoms with E-state index in [-0.39, 0.29) is 12.5 Å². The number of carbonyl (C=O) groups is 1. The molecule has 0 spiro atoms. The van der Waals surface area contributed by atoms with Gasteiger partial charge in [0.2, 0.25) is 0 Å². The first-order chi connectivity index (χ1) is 9.15. The number of benzene rings is 2. The maximum atomic E-state index is 11.7. The van der Waals surface area contributed by atoms with Gasteiger partial charge in [-0.2, -0.15) is 0 Å². The molecule has 2 rings (SSSR count). The Morgan fingerprint density at radius 1 is 1.21 bits per heavy atom. The van der Waals surface area contributed by atoms with Gasteiger partial charge in [-0.1, -0.05) is 18.2 Å². The highest BCUT2D eigenvalue weighted by molar-refractivity contribution is 9.10. The van der Waals surface area contributed by atoms with Gasteiger partial charge in [0.25, 0.3) is 5.91 Å². The van der Waals surface area contributed by atoms with Crippen LogP contribution < -0.4 is 15.8 Å². The van der Waals surface area contributed by atoms with Gasteiger partial charge in [0.1, 0.15) is 5.75 Å². The topological polar surface area (TPSA) is 64.3 Å². The molecule has 0 atom stereocenters. The number of hydrogen-bond donors (Lipinski definition) is 2. The van der Waals surface area contributed by atoms with E-state index in [1.807, 2.05) is 18.2 Å². The predicted molar refractivity (Wildman–Crippen MR) is 79.1 cm³/mol. The lowest BCUT2D eigenvalue weighted by atomic mass is 10.3. The first kappa shape index (κ1) is 13.4. The summed E-state index contributed by atoms with van der Waals surface area (Å²) in [6.45, 7) is -0.0357. The summed E-state index contributed by atoms with van der Waals surface area (Å²) in [4.78, 5) is 11.7. The van der Waals surface area contributed by atoms with Gasteiger partial charge in [-0.25, -0.2) is 0 Å². The van der Waals surface area contributed by atoms with E-state index in [0.29, 0.717) is 17.1 Å². The third kappa shape index (κ3) is 3.99. The van der Waals surface area contributed by atoms with Gasteiger partial charge in [0.05, 0.1) is 0 Å². The standard InChI is InChI=1S/C14H13BrN2O2/c15-12-8-10(6-7-13(12)16)17-14(18)9-19-11-4-2-1-3-5-11/h1-8H,9,16H2,(H,17,18). The molecule has 0 saturated heterocycles. The number of nitrogens with two attached hydrogens (primary N) is 1. The van der Waals surface area contributed by atoms with Crippen molar-refractivity contribution in [2.45, 2.75) is 0 Å². The molecule has 0 aliphatic rings. The maximum Gasteiger partial charge on any atom is 0.262 e. The molecule has 0 saturated carbocycles. The third-order valence-electron chi connectivity index (χ3n) is 2.40. The molecular formula is C14H13BrN2O2. The summed E-state index contributed by atoms with van der Waals surface area (Å²) in [7, 11) is 0. The van der Waals surface area contributed by atoms with Crippen molar-refractivity contribution in [3.05, 3.63) is 53.0 Å². The quantitative estimate of drug-likeness (QED) is 0.851. The van der Waals surface area contributed by atoms with Crippen LogP contribution in [0.1, 0.15) is 0 Å². The lowest BCUT2D eigenvalue weighted by Gasteiger charge is -2.08. The van der Waals surface area contributed by atoms with Gasteiger partial charge in [0.15, 0.2) is 6.61 Å². The number of anilines is 2. The van der Waals surface area contributed by atoms with Gasteiger partial charge in [0, 0.05) is 15.8 Å². The minimum atomic E-state index is -0.222. The Labute approximate surface area is 119 Å². The normalized spacial score (nSPS) is 9.95. The Balaban J connectivity index is 1.89. The summed E-state index contributed by atoms with van der Waals surface area (Å²) in [5.74, 6) is 0.441. The minimum absolute atomic E-state index is 0.0357. The van der Waals surface area contributed by atoms with Crippen molar-refractivity contribution in [2.75, 3.05) is 17.7 Å². The summed E-state index contributed by atoms with van der Waals surface area (Å²) in [5, 5.41) is 2.73. The number of ether oxygens (including phenoxy) is 1. The smallest absolute Gasteiger partial charge is 0.262 e. The first-order valence-corrected chi connectivity index (χ1v) is 6.47. The van der Waals surface area contributed by atoms with Crippen molar-refractivity contribution in [3.63, 3.8) is 0 Å². The number of halogens is 1. The Hall–Kier alpha value is -2.01. The lowest BCUT2D eigenvalue weighted by molar-refractivity contribution is -0.118. The van der Waals surface area contributed by atoms with E-state index in [4.69, 9.17) is 10.5 Å². The predicted octanol–water partition coefficient (Wildman–Crippen LogP) is 3.05. The first-order valence-electron chi connectivity index (χ1n) is 5.68. The van der Waals surface area contributed by atoms with Gasteiger partial charge in [-0.05, 0) is 46.3 Å². The summed E-state index contributed by atoms with van der Waals surface area (Å²) >= 11 is 3.30. The maximum absolute atomic E-state index is 11.7. The highest BCUT2D eigenvalue weighted by atomic mass is 79.9. The average molecular weight is 321 g/mol. The molecule has 0 fully saturated rings. The number of carbonyl (C=O) groups excluding carboxylic acids is 1. The molecule has 4 nitrogen and oxygen atoms in total. The van der Waals surface area contributed by atoms with Crippen LogP contribution in [0.5, 0.6) is 5.75 Å². The van der Waals surface area contributed by atoms with Gasteiger partial charge in [-0.3, -0.25) is 4.79 Å². The number of nitrogens with one attached hydrogen (secondary N) is 1. The fourth-order valence-corrected chi connectivity index (χ4v) is 1.85. The summed E-state index contributed by atoms with van der Waals surface area (Å²) in [6, 6.07) is 14.4. The molecule has 0 aromatic heterocycles. The Kier molecular flexibility index (Phi) is 4.41. The molecule has 0 heterocycles. The van der Waals surface area contributed by atoms with Crippen LogP contribution in [0.4, 0.5) is 11.4 Å². The minimum Gasteiger partial charge on any atom is -0.484 e. The highest BCUT2D eigenvalue weighted by Gasteiger charge is 2.05. The molecule has 3 N–H and O–H groups in total. The van der Waals surface area contributed by atoms with Crippen LogP contribution in [0.25, 0.3) is 0 Å². The van der Waals surface area contributed by atoms with E-state index >= 15 is 0 Å². The van der Waals surface area contributed by atoms with Crippen molar-refractivity contribution in [2.24, 2.45) is 0 Å². The summed E-state index contributed by atoms with van der Waals surface area (Å²) in [6.07, 6.45) is 0. The van der Waals surface area contributed by atoms with Gasteiger partial charge < -0.3 is 15.8 Å². The molecule has 0 aliphatic carbocycles. The third-order valence-corrected chi connectivity index (χ3v) is 3.08. The summed E-state index contributed by atoms with van der Waals surface area (Å²) < 4.78 is 6.09. The second-order valence-corrected chi connectivity index (χ2v) is 4.74. The Morgan fingerprint density at radius 2 is 1.95 bits per heavy atom. The molecule has 5 heteroatoms. The monoisotopic (exact) mass is 320 g/mol. The van der Waals surface area contributed by atoms with E-state index in [1.165, 1.54) is 0 Å². The van der Waals surface area contributed by atoms with E-state index in [9.17, 15) is 4.79 Å². The second-order valence-electron chi connectivity index (χ2n) is 3.89. The van der Waals surface area contributed by atoms with Crippen LogP contribution in [0.15, 0.2) is 53.0 Å². The van der Waals surface area contributed by atoms with Crippen molar-refractivity contribution in [3.8, 4) is 5.75 Å². The Morgan fingerprint density at radius 3 is 2.63 bits per heavy atom. The lowest BCUT2D eigenvalue weighted by Crippen LogP contribution is -2.20. The van der Waals surface area contributed by atoms with Crippen molar-refractivity contribution in [1.29, 1.82) is 0 Å². The van der Waals surface area contributed by atoms with Crippen molar-refractivity contribution in [1.82, 2.24) is 0 Å². The molecule has 19 heavy (non-hydrogen) atoms. The molecule has 2 aromatic carbocycles. The van der Waals surface area contributed by atoms with Gasteiger partial charge in [-0.15, -0.1) is 0 Å². The zero-order valence-corrected chi connectivity index (χ0v) is 11.7. The summed E-state index contributed by atoms with van der Waals surface area (Å²) in [5.41, 5.74) is 6.96. The van der Waals surface area contributed by atoms with Crippen LogP contribution in [0, 0.1) is 0 Å². The van der Waals surface area contributed by atoms with Crippen molar-refractivity contribution < 1.29 is 9.53 Å². The molecule has 0 bridgehead atoms. The number of rotatable bonds is 4. The SMILES string of the molecule is Nc1ccc(NC(=O)COc2ccccc2)cc1Br. The Bertz CT molecular complexity index is 573. The molecule has 1 amide bonds. The molecule has 98 valence electrons. The molecule has 2 aromatic rings. The number of amides is 1. The van der Waals surface area contributed by atoms with Crippen LogP contribution in [0.3, 0.4) is 0 Å². The molecular weight excluding hydrogens is 308 g/mol. The van der Waals surface area contributed by atoms with Crippen LogP contribution in [-0.4, -0.2) is 12.5 Å². The highest BCUT2D eigenvalue weighted by Crippen LogP contribution is 2.23. The average Bonchev–Trinajstić information content (AvgIpc) is 2.42. The largest absolute Gasteiger partial charge is 0.484 e. The molecule has 0 aliphatic heterocycles. The second kappa shape index (κ2) is 6.24. The van der Waals surface area contributed by atoms with E-state index in [2.05, 4.69) is 21.2 Å². The molecule has 0 unspecified atom stereocenters. The zero-order valence-electron chi connectivity index (χ0n) is 10.1. The van der Waals surface area contributed by atoms with E-state index in [0.717, 1.165) is 4.47 Å². The number of nitrogen functional groups attached to an aromatic ring is 1. The van der Waals surface area contributed by atoms with Gasteiger partial charge >= 0.3 is 0 Å². The van der Waals surface area contributed by atoms with E-state index in [1.54, 1.807) is 30.3 Å². The fraction of sp³-hybridized carbons (Fsp3) is 0.0714. The fourth-order valence-electron chi connectivity index (χ4n) is 1.47. The number of hydrogen-bond acceptors (Lipinski definition) is 3. The number of para-hydroxylation sites is 1. The zero-order chi connectivity index (χ0) is 13.7. The van der Waals surface area contributed by atoms with Crippen LogP contribution in [-0.2, 0) is 4.79 Å². The van der Waals surface area contributed by atoms with Crippen LogP contribution >= 0.6 is 15.9 Å². The van der Waals surface area contributed by atoms with Crippen LogP contribution in [0.2, 0.25) is 0 Å².